The Morgan fingerprint density at radius 3 is 2.10 bits per heavy atom. The summed E-state index contributed by atoms with van der Waals surface area (Å²) in [6, 6.07) is 15.5. The van der Waals surface area contributed by atoms with Crippen LogP contribution >= 0.6 is 0 Å². The van der Waals surface area contributed by atoms with Crippen LogP contribution in [0, 0.1) is 13.8 Å². The summed E-state index contributed by atoms with van der Waals surface area (Å²) in [5.41, 5.74) is 7.23. The van der Waals surface area contributed by atoms with Gasteiger partial charge in [0.1, 0.15) is 0 Å². The molecule has 0 unspecified atom stereocenters. The van der Waals surface area contributed by atoms with Crippen LogP contribution in [-0.2, 0) is 0 Å². The van der Waals surface area contributed by atoms with Crippen molar-refractivity contribution in [3.05, 3.63) is 70.8 Å². The van der Waals surface area contributed by atoms with Crippen molar-refractivity contribution in [2.24, 2.45) is 5.10 Å². The van der Waals surface area contributed by atoms with E-state index in [1.165, 1.54) is 5.56 Å². The molecule has 0 aliphatic rings. The van der Waals surface area contributed by atoms with Crippen molar-refractivity contribution in [2.45, 2.75) is 20.8 Å². The van der Waals surface area contributed by atoms with Crippen LogP contribution < -0.4 is 5.43 Å². The summed E-state index contributed by atoms with van der Waals surface area (Å²) >= 11 is 0. The number of amides is 1. The zero-order valence-corrected chi connectivity index (χ0v) is 12.0. The smallest absolute Gasteiger partial charge is 0.267 e. The third-order valence-corrected chi connectivity index (χ3v) is 3.04. The molecule has 1 amide bonds. The van der Waals surface area contributed by atoms with Crippen LogP contribution in [0.15, 0.2) is 53.6 Å². The van der Waals surface area contributed by atoms with Crippen LogP contribution in [-0.4, -0.2) is 11.6 Å². The molecule has 0 aliphatic carbocycles. The second kappa shape index (κ2) is 6.15. The summed E-state index contributed by atoms with van der Waals surface area (Å²) in [6.07, 6.45) is 0. The highest BCUT2D eigenvalue weighted by molar-refractivity contribution is 6.00. The van der Waals surface area contributed by atoms with Gasteiger partial charge in [0.2, 0.25) is 0 Å². The fourth-order valence-electron chi connectivity index (χ4n) is 1.92. The Labute approximate surface area is 119 Å². The first kappa shape index (κ1) is 14.0. The van der Waals surface area contributed by atoms with Gasteiger partial charge in [0.25, 0.3) is 5.91 Å². The Kier molecular flexibility index (Phi) is 4.31. The lowest BCUT2D eigenvalue weighted by atomic mass is 10.1. The molecule has 2 aromatic rings. The van der Waals surface area contributed by atoms with Crippen molar-refractivity contribution in [2.75, 3.05) is 0 Å². The molecule has 20 heavy (non-hydrogen) atoms. The average Bonchev–Trinajstić information content (AvgIpc) is 2.44. The maximum absolute atomic E-state index is 12.0. The Morgan fingerprint density at radius 1 is 0.950 bits per heavy atom. The van der Waals surface area contributed by atoms with Gasteiger partial charge in [0, 0.05) is 5.56 Å². The van der Waals surface area contributed by atoms with Crippen LogP contribution in [0.4, 0.5) is 0 Å². The lowest BCUT2D eigenvalue weighted by Gasteiger charge is -2.04. The predicted molar refractivity (Wildman–Crippen MR) is 82.0 cm³/mol. The number of hydrazone groups is 1. The summed E-state index contributed by atoms with van der Waals surface area (Å²) in [5, 5.41) is 4.16. The SMILES string of the molecule is C/C(=N\NC(=O)c1cccc(C)c1)c1cccc(C)c1. The first-order valence-electron chi connectivity index (χ1n) is 6.54. The summed E-state index contributed by atoms with van der Waals surface area (Å²) in [6.45, 7) is 5.87. The summed E-state index contributed by atoms with van der Waals surface area (Å²) in [5.74, 6) is -0.194. The van der Waals surface area contributed by atoms with Gasteiger partial charge in [-0.2, -0.15) is 5.10 Å². The molecule has 0 aliphatic heterocycles. The first-order chi connectivity index (χ1) is 9.56. The van der Waals surface area contributed by atoms with E-state index in [1.807, 2.05) is 63.2 Å². The van der Waals surface area contributed by atoms with Gasteiger partial charge in [0.05, 0.1) is 5.71 Å². The van der Waals surface area contributed by atoms with Gasteiger partial charge < -0.3 is 0 Å². The van der Waals surface area contributed by atoms with E-state index < -0.39 is 0 Å². The van der Waals surface area contributed by atoms with Crippen LogP contribution in [0.1, 0.15) is 34.0 Å². The Morgan fingerprint density at radius 2 is 1.50 bits per heavy atom. The van der Waals surface area contributed by atoms with Gasteiger partial charge >= 0.3 is 0 Å². The van der Waals surface area contributed by atoms with Gasteiger partial charge in [0.15, 0.2) is 0 Å². The molecule has 0 fully saturated rings. The maximum Gasteiger partial charge on any atom is 0.271 e. The van der Waals surface area contributed by atoms with Crippen molar-refractivity contribution < 1.29 is 4.79 Å². The zero-order valence-electron chi connectivity index (χ0n) is 12.0. The lowest BCUT2D eigenvalue weighted by Crippen LogP contribution is -2.19. The van der Waals surface area contributed by atoms with Crippen LogP contribution in [0.25, 0.3) is 0 Å². The van der Waals surface area contributed by atoms with E-state index in [1.54, 1.807) is 6.07 Å². The number of nitrogens with zero attached hydrogens (tertiary/aromatic N) is 1. The number of benzene rings is 2. The molecule has 2 aromatic carbocycles. The molecule has 2 rings (SSSR count). The van der Waals surface area contributed by atoms with Crippen LogP contribution in [0.5, 0.6) is 0 Å². The largest absolute Gasteiger partial charge is 0.271 e. The van der Waals surface area contributed by atoms with Gasteiger partial charge in [-0.15, -0.1) is 0 Å². The minimum atomic E-state index is -0.194. The molecular formula is C17H18N2O. The van der Waals surface area contributed by atoms with Crippen molar-refractivity contribution >= 4 is 11.6 Å². The van der Waals surface area contributed by atoms with Gasteiger partial charge in [-0.05, 0) is 38.5 Å². The minimum Gasteiger partial charge on any atom is -0.267 e. The Balaban J connectivity index is 2.11. The molecule has 0 heterocycles. The van der Waals surface area contributed by atoms with Gasteiger partial charge in [-0.1, -0.05) is 47.5 Å². The monoisotopic (exact) mass is 266 g/mol. The zero-order chi connectivity index (χ0) is 14.5. The number of nitrogens with one attached hydrogen (secondary N) is 1. The topological polar surface area (TPSA) is 41.5 Å². The van der Waals surface area contributed by atoms with E-state index in [4.69, 9.17) is 0 Å². The normalized spacial score (nSPS) is 11.2. The molecule has 3 heteroatoms. The number of rotatable bonds is 3. The summed E-state index contributed by atoms with van der Waals surface area (Å²) in [7, 11) is 0. The molecule has 102 valence electrons. The average molecular weight is 266 g/mol. The van der Waals surface area contributed by atoms with Crippen molar-refractivity contribution in [1.29, 1.82) is 0 Å². The van der Waals surface area contributed by atoms with E-state index in [9.17, 15) is 4.79 Å². The van der Waals surface area contributed by atoms with E-state index in [2.05, 4.69) is 10.5 Å². The van der Waals surface area contributed by atoms with Crippen LogP contribution in [0.2, 0.25) is 0 Å². The fourth-order valence-corrected chi connectivity index (χ4v) is 1.92. The number of carbonyl (C=O) groups excluding carboxylic acids is 1. The quantitative estimate of drug-likeness (QED) is 0.671. The van der Waals surface area contributed by atoms with E-state index in [0.29, 0.717) is 5.56 Å². The first-order valence-corrected chi connectivity index (χ1v) is 6.54. The maximum atomic E-state index is 12.0. The summed E-state index contributed by atoms with van der Waals surface area (Å²) in [4.78, 5) is 12.0. The third-order valence-electron chi connectivity index (χ3n) is 3.04. The van der Waals surface area contributed by atoms with Crippen molar-refractivity contribution in [3.63, 3.8) is 0 Å². The molecule has 0 radical (unpaired) electrons. The van der Waals surface area contributed by atoms with E-state index >= 15 is 0 Å². The molecule has 3 nitrogen and oxygen atoms in total. The Bertz CT molecular complexity index is 660. The molecule has 1 N–H and O–H groups in total. The highest BCUT2D eigenvalue weighted by Crippen LogP contribution is 2.06. The summed E-state index contributed by atoms with van der Waals surface area (Å²) < 4.78 is 0. The van der Waals surface area contributed by atoms with Gasteiger partial charge in [-0.3, -0.25) is 4.79 Å². The Hall–Kier alpha value is -2.42. The number of hydrogen-bond donors (Lipinski definition) is 1. The van der Waals surface area contributed by atoms with Crippen molar-refractivity contribution in [1.82, 2.24) is 5.43 Å². The highest BCUT2D eigenvalue weighted by atomic mass is 16.2. The van der Waals surface area contributed by atoms with Crippen LogP contribution in [0.3, 0.4) is 0 Å². The predicted octanol–water partition coefficient (Wildman–Crippen LogP) is 3.46. The molecule has 0 bridgehead atoms. The molecule has 0 saturated carbocycles. The molecule has 0 saturated heterocycles. The fraction of sp³-hybridized carbons (Fsp3) is 0.176. The van der Waals surface area contributed by atoms with Crippen molar-refractivity contribution in [3.8, 4) is 0 Å². The van der Waals surface area contributed by atoms with E-state index in [-0.39, 0.29) is 5.91 Å². The minimum absolute atomic E-state index is 0.194. The molecular weight excluding hydrogens is 248 g/mol. The van der Waals surface area contributed by atoms with E-state index in [0.717, 1.165) is 16.8 Å². The highest BCUT2D eigenvalue weighted by Gasteiger charge is 2.04. The standard InChI is InChI=1S/C17H18N2O/c1-12-6-4-8-15(10-12)14(3)18-19-17(20)16-9-5-7-13(2)11-16/h4-11H,1-3H3,(H,19,20)/b18-14+. The van der Waals surface area contributed by atoms with Gasteiger partial charge in [-0.25, -0.2) is 5.43 Å². The third kappa shape index (κ3) is 3.54. The second-order valence-electron chi connectivity index (χ2n) is 4.88. The molecule has 0 atom stereocenters. The number of carbonyl (C=O) groups is 1. The second-order valence-corrected chi connectivity index (χ2v) is 4.88. The molecule has 0 aromatic heterocycles. The number of hydrogen-bond acceptors (Lipinski definition) is 2. The number of aryl methyl sites for hydroxylation is 2. The lowest BCUT2D eigenvalue weighted by molar-refractivity contribution is 0.0954. The molecule has 0 spiro atoms.